The quantitative estimate of drug-likeness (QED) is 0.649. The van der Waals surface area contributed by atoms with E-state index < -0.39 is 11.5 Å². The number of nitrogens with zero attached hydrogens (tertiary/aromatic N) is 1. The first-order chi connectivity index (χ1) is 12.3. The highest BCUT2D eigenvalue weighted by Gasteiger charge is 2.41. The van der Waals surface area contributed by atoms with Crippen LogP contribution in [0.25, 0.3) is 0 Å². The van der Waals surface area contributed by atoms with Crippen LogP contribution in [0.5, 0.6) is 0 Å². The molecule has 0 aromatic rings. The molecule has 0 aromatic carbocycles. The van der Waals surface area contributed by atoms with Crippen LogP contribution in [-0.2, 0) is 9.59 Å². The van der Waals surface area contributed by atoms with E-state index in [0.29, 0.717) is 38.4 Å². The highest BCUT2D eigenvalue weighted by Crippen LogP contribution is 2.28. The minimum atomic E-state index is -1.12. The van der Waals surface area contributed by atoms with E-state index in [1.165, 1.54) is 0 Å². The first-order valence-electron chi connectivity index (χ1n) is 9.47. The number of nitrogens with one attached hydrogen (secondary N) is 2. The van der Waals surface area contributed by atoms with Crippen LogP contribution in [0.2, 0.25) is 0 Å². The first kappa shape index (κ1) is 20.9. The van der Waals surface area contributed by atoms with Gasteiger partial charge in [-0.05, 0) is 49.0 Å². The molecule has 1 unspecified atom stereocenters. The van der Waals surface area contributed by atoms with Crippen LogP contribution in [-0.4, -0.2) is 64.6 Å². The highest BCUT2D eigenvalue weighted by atomic mass is 32.2. The fourth-order valence-electron chi connectivity index (χ4n) is 3.51. The van der Waals surface area contributed by atoms with Gasteiger partial charge in [0.15, 0.2) is 0 Å². The van der Waals surface area contributed by atoms with Crippen molar-refractivity contribution in [3.63, 3.8) is 0 Å². The molecule has 0 aromatic heterocycles. The molecule has 1 atom stereocenters. The second-order valence-corrected chi connectivity index (χ2v) is 9.01. The van der Waals surface area contributed by atoms with Crippen LogP contribution in [0.4, 0.5) is 4.79 Å². The molecule has 0 aliphatic carbocycles. The highest BCUT2D eigenvalue weighted by molar-refractivity contribution is 7.99. The number of amides is 3. The van der Waals surface area contributed by atoms with Crippen LogP contribution in [0.15, 0.2) is 0 Å². The third kappa shape index (κ3) is 5.79. The Morgan fingerprint density at radius 3 is 2.58 bits per heavy atom. The normalized spacial score (nSPS) is 22.7. The molecule has 2 heterocycles. The van der Waals surface area contributed by atoms with Gasteiger partial charge in [-0.15, -0.1) is 0 Å². The number of piperidine rings is 1. The first-order valence-corrected chi connectivity index (χ1v) is 10.6. The molecule has 0 radical (unpaired) electrons. The molecule has 0 saturated carbocycles. The standard InChI is InChI=1S/C18H31N3O4S/c1-13(2)11-19-17(25)21-7-3-4-14(12-21)10-15(22)20-18(16(23)24)5-8-26-9-6-18/h13-14H,3-12H2,1-2H3,(H,19,25)(H,20,22)(H,23,24). The smallest absolute Gasteiger partial charge is 0.329 e. The van der Waals surface area contributed by atoms with E-state index in [1.807, 2.05) is 13.8 Å². The summed E-state index contributed by atoms with van der Waals surface area (Å²) in [6.45, 7) is 5.99. The summed E-state index contributed by atoms with van der Waals surface area (Å²) in [5.74, 6) is 0.821. The zero-order valence-electron chi connectivity index (χ0n) is 15.8. The Hall–Kier alpha value is -1.44. The van der Waals surface area contributed by atoms with Crippen molar-refractivity contribution in [2.24, 2.45) is 11.8 Å². The average molecular weight is 386 g/mol. The molecule has 2 aliphatic rings. The summed E-state index contributed by atoms with van der Waals surface area (Å²) < 4.78 is 0. The molecule has 8 heteroatoms. The van der Waals surface area contributed by atoms with Gasteiger partial charge in [0.1, 0.15) is 5.54 Å². The van der Waals surface area contributed by atoms with Gasteiger partial charge in [-0.1, -0.05) is 13.8 Å². The zero-order chi connectivity index (χ0) is 19.2. The van der Waals surface area contributed by atoms with E-state index in [-0.39, 0.29) is 24.3 Å². The van der Waals surface area contributed by atoms with Crippen molar-refractivity contribution in [3.8, 4) is 0 Å². The van der Waals surface area contributed by atoms with Crippen molar-refractivity contribution in [1.82, 2.24) is 15.5 Å². The van der Waals surface area contributed by atoms with E-state index in [0.717, 1.165) is 24.3 Å². The molecule has 0 spiro atoms. The van der Waals surface area contributed by atoms with E-state index in [1.54, 1.807) is 16.7 Å². The number of aliphatic carboxylic acids is 1. The second kappa shape index (κ2) is 9.48. The number of urea groups is 1. The lowest BCUT2D eigenvalue weighted by Crippen LogP contribution is -2.57. The van der Waals surface area contributed by atoms with Crippen molar-refractivity contribution in [1.29, 1.82) is 0 Å². The number of carboxylic acids is 1. The molecule has 2 fully saturated rings. The predicted molar refractivity (Wildman–Crippen MR) is 102 cm³/mol. The number of hydrogen-bond acceptors (Lipinski definition) is 4. The molecular weight excluding hydrogens is 354 g/mol. The van der Waals surface area contributed by atoms with Crippen molar-refractivity contribution in [2.75, 3.05) is 31.1 Å². The number of carbonyl (C=O) groups excluding carboxylic acids is 2. The van der Waals surface area contributed by atoms with Crippen LogP contribution < -0.4 is 10.6 Å². The van der Waals surface area contributed by atoms with Crippen LogP contribution in [0.3, 0.4) is 0 Å². The lowest BCUT2D eigenvalue weighted by molar-refractivity contribution is -0.148. The number of hydrogen-bond donors (Lipinski definition) is 3. The summed E-state index contributed by atoms with van der Waals surface area (Å²) in [5.41, 5.74) is -1.12. The van der Waals surface area contributed by atoms with Gasteiger partial charge in [0, 0.05) is 26.1 Å². The third-order valence-electron chi connectivity index (χ3n) is 5.08. The maximum atomic E-state index is 12.5. The third-order valence-corrected chi connectivity index (χ3v) is 6.06. The molecular formula is C18H31N3O4S. The van der Waals surface area contributed by atoms with Crippen LogP contribution in [0.1, 0.15) is 46.0 Å². The maximum absolute atomic E-state index is 12.5. The van der Waals surface area contributed by atoms with Gasteiger partial charge in [-0.25, -0.2) is 9.59 Å². The topological polar surface area (TPSA) is 98.7 Å². The van der Waals surface area contributed by atoms with E-state index in [9.17, 15) is 19.5 Å². The Bertz CT molecular complexity index is 521. The van der Waals surface area contributed by atoms with E-state index in [2.05, 4.69) is 10.6 Å². The molecule has 2 rings (SSSR count). The summed E-state index contributed by atoms with van der Waals surface area (Å²) in [6, 6.07) is -0.0740. The summed E-state index contributed by atoms with van der Waals surface area (Å²) in [6.07, 6.45) is 2.96. The maximum Gasteiger partial charge on any atom is 0.329 e. The number of carboxylic acid groups (broad SMARTS) is 1. The van der Waals surface area contributed by atoms with Gasteiger partial charge in [0.25, 0.3) is 0 Å². The zero-order valence-corrected chi connectivity index (χ0v) is 16.6. The predicted octanol–water partition coefficient (Wildman–Crippen LogP) is 1.92. The summed E-state index contributed by atoms with van der Waals surface area (Å²) in [5, 5.41) is 15.3. The molecule has 148 valence electrons. The lowest BCUT2D eigenvalue weighted by atomic mass is 9.90. The molecule has 3 amide bonds. The lowest BCUT2D eigenvalue weighted by Gasteiger charge is -2.36. The van der Waals surface area contributed by atoms with Crippen molar-refractivity contribution < 1.29 is 19.5 Å². The minimum absolute atomic E-state index is 0.0740. The van der Waals surface area contributed by atoms with Crippen molar-refractivity contribution in [2.45, 2.75) is 51.5 Å². The Balaban J connectivity index is 1.86. The Kier molecular flexibility index (Phi) is 7.61. The van der Waals surface area contributed by atoms with Crippen molar-refractivity contribution >= 4 is 29.7 Å². The number of likely N-dealkylation sites (tertiary alicyclic amines) is 1. The van der Waals surface area contributed by atoms with Gasteiger partial charge in [-0.3, -0.25) is 4.79 Å². The summed E-state index contributed by atoms with van der Waals surface area (Å²) >= 11 is 1.72. The van der Waals surface area contributed by atoms with Crippen LogP contribution in [0, 0.1) is 11.8 Å². The Labute approximate surface area is 159 Å². The van der Waals surface area contributed by atoms with Gasteiger partial charge in [0.2, 0.25) is 5.91 Å². The fourth-order valence-corrected chi connectivity index (χ4v) is 4.70. The number of carbonyl (C=O) groups is 3. The second-order valence-electron chi connectivity index (χ2n) is 7.79. The molecule has 0 bridgehead atoms. The summed E-state index contributed by atoms with van der Waals surface area (Å²) in [7, 11) is 0. The average Bonchev–Trinajstić information content (AvgIpc) is 2.60. The minimum Gasteiger partial charge on any atom is -0.480 e. The van der Waals surface area contributed by atoms with Gasteiger partial charge in [-0.2, -0.15) is 11.8 Å². The Morgan fingerprint density at radius 2 is 1.96 bits per heavy atom. The number of rotatable bonds is 6. The van der Waals surface area contributed by atoms with Crippen molar-refractivity contribution in [3.05, 3.63) is 0 Å². The molecule has 7 nitrogen and oxygen atoms in total. The molecule has 2 saturated heterocycles. The molecule has 3 N–H and O–H groups in total. The van der Waals surface area contributed by atoms with Gasteiger partial charge < -0.3 is 20.6 Å². The molecule has 26 heavy (non-hydrogen) atoms. The largest absolute Gasteiger partial charge is 0.480 e. The summed E-state index contributed by atoms with van der Waals surface area (Å²) in [4.78, 5) is 38.2. The van der Waals surface area contributed by atoms with E-state index in [4.69, 9.17) is 0 Å². The van der Waals surface area contributed by atoms with Crippen LogP contribution >= 0.6 is 11.8 Å². The van der Waals surface area contributed by atoms with Gasteiger partial charge >= 0.3 is 12.0 Å². The Morgan fingerprint density at radius 1 is 1.27 bits per heavy atom. The molecule has 2 aliphatic heterocycles. The fraction of sp³-hybridized carbons (Fsp3) is 0.833. The SMILES string of the molecule is CC(C)CNC(=O)N1CCCC(CC(=O)NC2(C(=O)O)CCSCC2)C1. The number of thioether (sulfide) groups is 1. The van der Waals surface area contributed by atoms with E-state index >= 15 is 0 Å². The van der Waals surface area contributed by atoms with Gasteiger partial charge in [0.05, 0.1) is 0 Å². The monoisotopic (exact) mass is 385 g/mol.